The molecule has 0 radical (unpaired) electrons. The van der Waals surface area contributed by atoms with Gasteiger partial charge in [-0.1, -0.05) is 17.7 Å². The fourth-order valence-corrected chi connectivity index (χ4v) is 2.46. The van der Waals surface area contributed by atoms with E-state index in [4.69, 9.17) is 4.74 Å². The maximum absolute atomic E-state index is 11.7. The number of ether oxygens (including phenoxy) is 1. The molecule has 2 rings (SSSR count). The van der Waals surface area contributed by atoms with Crippen LogP contribution in [0.25, 0.3) is 0 Å². The molecule has 0 saturated heterocycles. The van der Waals surface area contributed by atoms with E-state index in [1.807, 2.05) is 31.3 Å². The maximum Gasteiger partial charge on any atom is 0.220 e. The second-order valence-electron chi connectivity index (χ2n) is 6.76. The van der Waals surface area contributed by atoms with E-state index in [0.29, 0.717) is 25.6 Å². The quantitative estimate of drug-likeness (QED) is 0.382. The predicted octanol–water partition coefficient (Wildman–Crippen LogP) is 2.33. The smallest absolute Gasteiger partial charge is 0.220 e. The number of nitrogens with one attached hydrogen (secondary N) is 2. The Hall–Kier alpha value is -2.24. The fraction of sp³-hybridized carbons (Fsp3) is 0.600. The van der Waals surface area contributed by atoms with Crippen molar-refractivity contribution < 1.29 is 9.53 Å². The van der Waals surface area contributed by atoms with Crippen LogP contribution in [0.5, 0.6) is 5.75 Å². The Morgan fingerprint density at radius 2 is 2.04 bits per heavy atom. The van der Waals surface area contributed by atoms with Crippen molar-refractivity contribution in [3.63, 3.8) is 0 Å². The molecular weight excluding hydrogens is 328 g/mol. The van der Waals surface area contributed by atoms with Crippen LogP contribution in [0.2, 0.25) is 0 Å². The summed E-state index contributed by atoms with van der Waals surface area (Å²) in [5.74, 6) is 1.88. The number of hydrogen-bond donors (Lipinski definition) is 2. The minimum absolute atomic E-state index is 0.146. The summed E-state index contributed by atoms with van der Waals surface area (Å²) in [4.78, 5) is 18.4. The number of rotatable bonds is 10. The van der Waals surface area contributed by atoms with Gasteiger partial charge in [0.05, 0.1) is 6.54 Å². The van der Waals surface area contributed by atoms with Crippen molar-refractivity contribution in [3.8, 4) is 5.75 Å². The van der Waals surface area contributed by atoms with E-state index in [-0.39, 0.29) is 5.91 Å². The van der Waals surface area contributed by atoms with Gasteiger partial charge in [0.25, 0.3) is 0 Å². The van der Waals surface area contributed by atoms with Crippen LogP contribution in [0.4, 0.5) is 0 Å². The van der Waals surface area contributed by atoms with Crippen molar-refractivity contribution in [3.05, 3.63) is 29.8 Å². The zero-order chi connectivity index (χ0) is 18.8. The van der Waals surface area contributed by atoms with Crippen molar-refractivity contribution in [1.29, 1.82) is 0 Å². The van der Waals surface area contributed by atoms with Crippen molar-refractivity contribution in [2.24, 2.45) is 4.99 Å². The van der Waals surface area contributed by atoms with Crippen molar-refractivity contribution in [1.82, 2.24) is 15.5 Å². The number of aliphatic imine (C=N–C) groups is 1. The number of carbonyl (C=O) groups is 1. The number of likely N-dealkylation sites (N-methyl/N-ethyl adjacent to an activating group) is 1. The first kappa shape index (κ1) is 20.1. The molecule has 0 heterocycles. The van der Waals surface area contributed by atoms with Crippen LogP contribution in [-0.4, -0.2) is 56.1 Å². The number of amides is 1. The Labute approximate surface area is 157 Å². The van der Waals surface area contributed by atoms with Gasteiger partial charge >= 0.3 is 0 Å². The van der Waals surface area contributed by atoms with E-state index >= 15 is 0 Å². The van der Waals surface area contributed by atoms with Crippen molar-refractivity contribution >= 4 is 11.9 Å². The first-order valence-corrected chi connectivity index (χ1v) is 9.56. The largest absolute Gasteiger partial charge is 0.492 e. The Bertz CT molecular complexity index is 582. The van der Waals surface area contributed by atoms with Gasteiger partial charge in [0.1, 0.15) is 12.4 Å². The summed E-state index contributed by atoms with van der Waals surface area (Å²) in [6, 6.07) is 8.50. The van der Waals surface area contributed by atoms with Gasteiger partial charge in [0.15, 0.2) is 5.96 Å². The molecule has 0 spiro atoms. The molecule has 6 nitrogen and oxygen atoms in total. The lowest BCUT2D eigenvalue weighted by atomic mass is 10.2. The average Bonchev–Trinajstić information content (AvgIpc) is 3.43. The molecular formula is C20H32N4O2. The van der Waals surface area contributed by atoms with Gasteiger partial charge < -0.3 is 20.3 Å². The summed E-state index contributed by atoms with van der Waals surface area (Å²) in [7, 11) is 2.00. The minimum Gasteiger partial charge on any atom is -0.492 e. The lowest BCUT2D eigenvalue weighted by Gasteiger charge is -2.22. The van der Waals surface area contributed by atoms with Gasteiger partial charge in [-0.2, -0.15) is 0 Å². The first-order valence-electron chi connectivity index (χ1n) is 9.56. The van der Waals surface area contributed by atoms with Gasteiger partial charge in [0.2, 0.25) is 5.91 Å². The van der Waals surface area contributed by atoms with Crippen molar-refractivity contribution in [2.45, 2.75) is 45.6 Å². The molecule has 0 aromatic heterocycles. The molecule has 1 fully saturated rings. The first-order chi connectivity index (χ1) is 12.6. The lowest BCUT2D eigenvalue weighted by molar-refractivity contribution is -0.121. The Kier molecular flexibility index (Phi) is 8.25. The van der Waals surface area contributed by atoms with Gasteiger partial charge in [-0.3, -0.25) is 9.79 Å². The molecule has 1 aliphatic rings. The number of hydrogen-bond acceptors (Lipinski definition) is 3. The van der Waals surface area contributed by atoms with Gasteiger partial charge in [0, 0.05) is 32.6 Å². The molecule has 1 aliphatic carbocycles. The summed E-state index contributed by atoms with van der Waals surface area (Å²) < 4.78 is 5.78. The van der Waals surface area contributed by atoms with E-state index in [1.165, 1.54) is 5.56 Å². The van der Waals surface area contributed by atoms with E-state index in [1.54, 1.807) is 0 Å². The minimum atomic E-state index is 0.146. The lowest BCUT2D eigenvalue weighted by Crippen LogP contribution is -2.41. The van der Waals surface area contributed by atoms with Crippen LogP contribution in [-0.2, 0) is 4.79 Å². The second-order valence-corrected chi connectivity index (χ2v) is 6.76. The van der Waals surface area contributed by atoms with E-state index < -0.39 is 0 Å². The van der Waals surface area contributed by atoms with E-state index in [2.05, 4.69) is 34.4 Å². The third-order valence-electron chi connectivity index (χ3n) is 4.18. The molecule has 6 heteroatoms. The molecule has 1 aromatic carbocycles. The maximum atomic E-state index is 11.7. The Morgan fingerprint density at radius 3 is 2.69 bits per heavy atom. The Balaban J connectivity index is 1.69. The molecule has 1 amide bonds. The molecule has 0 unspecified atom stereocenters. The molecule has 1 aromatic rings. The number of nitrogens with zero attached hydrogens (tertiary/aromatic N) is 2. The summed E-state index contributed by atoms with van der Waals surface area (Å²) in [6.07, 6.45) is 3.56. The topological polar surface area (TPSA) is 66.0 Å². The number of benzene rings is 1. The summed E-state index contributed by atoms with van der Waals surface area (Å²) in [5, 5.41) is 6.30. The van der Waals surface area contributed by atoms with Crippen LogP contribution in [0.15, 0.2) is 29.3 Å². The monoisotopic (exact) mass is 360 g/mol. The number of aryl methyl sites for hydroxylation is 1. The highest BCUT2D eigenvalue weighted by Gasteiger charge is 2.22. The molecule has 2 N–H and O–H groups in total. The zero-order valence-electron chi connectivity index (χ0n) is 16.3. The van der Waals surface area contributed by atoms with Gasteiger partial charge in [-0.25, -0.2) is 0 Å². The predicted molar refractivity (Wildman–Crippen MR) is 106 cm³/mol. The number of carbonyl (C=O) groups excluding carboxylic acids is 1. The summed E-state index contributed by atoms with van der Waals surface area (Å²) in [6.45, 7) is 6.89. The molecule has 26 heavy (non-hydrogen) atoms. The highest BCUT2D eigenvalue weighted by atomic mass is 16.5. The summed E-state index contributed by atoms with van der Waals surface area (Å²) in [5.41, 5.74) is 1.22. The van der Waals surface area contributed by atoms with Crippen LogP contribution in [0.1, 0.15) is 38.2 Å². The number of guanidine groups is 1. The van der Waals surface area contributed by atoms with Gasteiger partial charge in [-0.15, -0.1) is 0 Å². The zero-order valence-corrected chi connectivity index (χ0v) is 16.3. The average molecular weight is 361 g/mol. The highest BCUT2D eigenvalue weighted by molar-refractivity contribution is 5.80. The molecule has 1 saturated carbocycles. The van der Waals surface area contributed by atoms with Crippen LogP contribution in [0.3, 0.4) is 0 Å². The fourth-order valence-electron chi connectivity index (χ4n) is 2.46. The van der Waals surface area contributed by atoms with Crippen molar-refractivity contribution in [2.75, 3.05) is 33.3 Å². The molecule has 0 bridgehead atoms. The third kappa shape index (κ3) is 7.76. The second kappa shape index (κ2) is 10.7. The highest BCUT2D eigenvalue weighted by Crippen LogP contribution is 2.18. The summed E-state index contributed by atoms with van der Waals surface area (Å²) >= 11 is 0. The van der Waals surface area contributed by atoms with Gasteiger partial charge in [-0.05, 0) is 45.2 Å². The molecule has 0 atom stereocenters. The van der Waals surface area contributed by atoms with Crippen LogP contribution >= 0.6 is 0 Å². The third-order valence-corrected chi connectivity index (χ3v) is 4.18. The molecule has 144 valence electrons. The van der Waals surface area contributed by atoms with E-state index in [0.717, 1.165) is 44.1 Å². The Morgan fingerprint density at radius 1 is 1.31 bits per heavy atom. The standard InChI is InChI=1S/C20H32N4O2/c1-4-21-20(22-13-5-6-19(25)23-17-9-10-17)24(3)14-15-26-18-11-7-16(2)8-12-18/h7-8,11-12,17H,4-6,9-10,13-15H2,1-3H3,(H,21,22)(H,23,25). The van der Waals surface area contributed by atoms with Crippen LogP contribution < -0.4 is 15.4 Å². The van der Waals surface area contributed by atoms with Crippen LogP contribution in [0, 0.1) is 6.92 Å². The molecule has 0 aliphatic heterocycles. The SMILES string of the molecule is CCNC(=NCCCC(=O)NC1CC1)N(C)CCOc1ccc(C)cc1. The van der Waals surface area contributed by atoms with E-state index in [9.17, 15) is 4.79 Å². The normalized spacial score (nSPS) is 14.0.